The van der Waals surface area contributed by atoms with Gasteiger partial charge in [0.1, 0.15) is 17.9 Å². The molecule has 1 saturated heterocycles. The Labute approximate surface area is 332 Å². The molecule has 4 aliphatic rings. The molecule has 3 fully saturated rings. The first-order valence-electron chi connectivity index (χ1n) is 19.4. The highest BCUT2D eigenvalue weighted by atomic mass is 16.7. The van der Waals surface area contributed by atoms with Gasteiger partial charge >= 0.3 is 18.1 Å². The summed E-state index contributed by atoms with van der Waals surface area (Å²) in [7, 11) is 0. The number of ether oxygens (including phenoxy) is 5. The fourth-order valence-corrected chi connectivity index (χ4v) is 9.85. The Kier molecular flexibility index (Phi) is 11.6. The number of carbonyl (C=O) groups is 4. The van der Waals surface area contributed by atoms with Crippen LogP contribution in [0, 0.1) is 22.2 Å². The van der Waals surface area contributed by atoms with Gasteiger partial charge in [-0.2, -0.15) is 0 Å². The smallest absolute Gasteiger partial charge is 0.455 e. The lowest BCUT2D eigenvalue weighted by Crippen LogP contribution is -2.77. The third kappa shape index (κ3) is 7.18. The van der Waals surface area contributed by atoms with Gasteiger partial charge in [0, 0.05) is 36.5 Å². The molecule has 57 heavy (non-hydrogen) atoms. The summed E-state index contributed by atoms with van der Waals surface area (Å²) in [6, 6.07) is 15.8. The van der Waals surface area contributed by atoms with Crippen LogP contribution in [0.5, 0.6) is 0 Å². The van der Waals surface area contributed by atoms with Crippen LogP contribution in [-0.4, -0.2) is 99.2 Å². The molecule has 2 unspecified atom stereocenters. The average molecular weight is 794 g/mol. The van der Waals surface area contributed by atoms with Crippen molar-refractivity contribution in [3.8, 4) is 0 Å². The second-order valence-electron chi connectivity index (χ2n) is 17.2. The Hall–Kier alpha value is -4.18. The summed E-state index contributed by atoms with van der Waals surface area (Å²) in [5, 5.41) is 51.6. The van der Waals surface area contributed by atoms with Gasteiger partial charge in [-0.3, -0.25) is 14.9 Å². The third-order valence-electron chi connectivity index (χ3n) is 13.1. The summed E-state index contributed by atoms with van der Waals surface area (Å²) in [4.78, 5) is 55.6. The highest BCUT2D eigenvalue weighted by Crippen LogP contribution is 2.65. The summed E-state index contributed by atoms with van der Waals surface area (Å²) >= 11 is 0. The molecule has 2 aromatic carbocycles. The number of benzene rings is 2. The summed E-state index contributed by atoms with van der Waals surface area (Å²) in [6.45, 7) is 12.7. The molecule has 5 N–H and O–H groups in total. The van der Waals surface area contributed by atoms with Crippen molar-refractivity contribution in [3.05, 3.63) is 82.9 Å². The lowest BCUT2D eigenvalue weighted by molar-refractivity contribution is -0.314. The zero-order valence-corrected chi connectivity index (χ0v) is 33.6. The van der Waals surface area contributed by atoms with Crippen LogP contribution in [0.2, 0.25) is 0 Å². The van der Waals surface area contributed by atoms with Gasteiger partial charge in [-0.15, -0.1) is 0 Å². The van der Waals surface area contributed by atoms with Crippen molar-refractivity contribution in [2.45, 2.75) is 129 Å². The molecule has 0 radical (unpaired) electrons. The van der Waals surface area contributed by atoms with Crippen LogP contribution in [0.15, 0.2) is 71.8 Å². The predicted molar refractivity (Wildman–Crippen MR) is 203 cm³/mol. The SMILES string of the molecule is CC(=O)O[C@H]1C(=O)[C@@]2(C)C([C@H](O)[C@]3(O)C[C@H](OC(=O)[C@H](OC(=O)OC(C)C)[C@@H](NC(O)c4ccccc4)c4ccccc4)C(C)=C1C3(C)C)[C@]1(C)CO[C@@H]1C[C@@H]2O. The molecule has 12 atom stereocenters. The van der Waals surface area contributed by atoms with E-state index in [4.69, 9.17) is 23.7 Å². The zero-order chi connectivity index (χ0) is 41.8. The van der Waals surface area contributed by atoms with Crippen molar-refractivity contribution in [3.63, 3.8) is 0 Å². The number of esters is 2. The van der Waals surface area contributed by atoms with Crippen LogP contribution in [0.4, 0.5) is 4.79 Å². The normalized spacial score (nSPS) is 34.6. The topological polar surface area (TPSA) is 207 Å². The average Bonchev–Trinajstić information content (AvgIpc) is 3.15. The molecule has 0 spiro atoms. The number of carbonyl (C=O) groups excluding carboxylic acids is 4. The number of fused-ring (bicyclic) bond motifs is 5. The van der Waals surface area contributed by atoms with E-state index >= 15 is 0 Å². The molecule has 14 heteroatoms. The standard InChI is InChI=1S/C43H55NO13/c1-22(2)54-39(51)57-33(31(25-15-11-9-12-16-25)44-37(49)26-17-13-10-14-18-26)38(50)56-27-20-43(52)36(48)34-41(7)21-53-29(41)19-28(46)42(34,8)35(47)32(55-24(4)45)30(23(27)3)40(43,5)6/h9-18,22,27-29,31-34,36-37,44,46,48-49,52H,19-21H2,1-8H3/t27-,28-,29+,31-,32+,33+,34?,36-,37?,41+,42+,43+/m0/s1. The molecule has 0 amide bonds. The van der Waals surface area contributed by atoms with Gasteiger partial charge in [0.25, 0.3) is 0 Å². The number of hydrogen-bond acceptors (Lipinski definition) is 14. The molecule has 2 bridgehead atoms. The van der Waals surface area contributed by atoms with Gasteiger partial charge in [-0.05, 0) is 50.0 Å². The summed E-state index contributed by atoms with van der Waals surface area (Å²) in [6.07, 6.45) is -11.8. The van der Waals surface area contributed by atoms with Crippen molar-refractivity contribution in [2.75, 3.05) is 6.61 Å². The first kappa shape index (κ1) is 42.4. The molecule has 3 aliphatic carbocycles. The first-order chi connectivity index (χ1) is 26.7. The molecule has 310 valence electrons. The van der Waals surface area contributed by atoms with E-state index in [9.17, 15) is 39.6 Å². The van der Waals surface area contributed by atoms with E-state index in [1.54, 1.807) is 95.3 Å². The minimum atomic E-state index is -2.16. The maximum absolute atomic E-state index is 15.0. The van der Waals surface area contributed by atoms with Gasteiger partial charge in [-0.1, -0.05) is 81.4 Å². The van der Waals surface area contributed by atoms with Gasteiger partial charge in [0.15, 0.2) is 11.9 Å². The van der Waals surface area contributed by atoms with E-state index in [0.29, 0.717) is 11.1 Å². The molecule has 1 aliphatic heterocycles. The molecular weight excluding hydrogens is 738 g/mol. The Balaban J connectivity index is 1.47. The minimum Gasteiger partial charge on any atom is -0.455 e. The number of nitrogens with one attached hydrogen (secondary N) is 1. The minimum absolute atomic E-state index is 0.0884. The molecule has 1 heterocycles. The summed E-state index contributed by atoms with van der Waals surface area (Å²) in [5.74, 6) is -3.67. The van der Waals surface area contributed by atoms with E-state index in [1.165, 1.54) is 6.92 Å². The predicted octanol–water partition coefficient (Wildman–Crippen LogP) is 4.00. The maximum Gasteiger partial charge on any atom is 0.509 e. The molecule has 2 aromatic rings. The third-order valence-corrected chi connectivity index (χ3v) is 13.1. The molecule has 0 aromatic heterocycles. The lowest BCUT2D eigenvalue weighted by Gasteiger charge is -2.67. The van der Waals surface area contributed by atoms with Crippen molar-refractivity contribution >= 4 is 23.9 Å². The lowest BCUT2D eigenvalue weighted by atomic mass is 9.42. The monoisotopic (exact) mass is 793 g/mol. The largest absolute Gasteiger partial charge is 0.509 e. The second kappa shape index (κ2) is 15.5. The Morgan fingerprint density at radius 2 is 1.51 bits per heavy atom. The van der Waals surface area contributed by atoms with E-state index < -0.39 is 113 Å². The number of Topliss-reactive ketones (excluding diaryl/α,β-unsaturated/α-hetero) is 1. The highest BCUT2D eigenvalue weighted by molar-refractivity contribution is 5.95. The molecule has 6 rings (SSSR count). The second-order valence-corrected chi connectivity index (χ2v) is 17.2. The van der Waals surface area contributed by atoms with Crippen molar-refractivity contribution < 1.29 is 63.3 Å². The number of ketones is 1. The van der Waals surface area contributed by atoms with E-state index in [2.05, 4.69) is 5.32 Å². The van der Waals surface area contributed by atoms with Crippen molar-refractivity contribution in [2.24, 2.45) is 22.2 Å². The van der Waals surface area contributed by atoms with E-state index in [0.717, 1.165) is 6.92 Å². The zero-order valence-electron chi connectivity index (χ0n) is 33.6. The van der Waals surface area contributed by atoms with E-state index in [-0.39, 0.29) is 24.2 Å². The first-order valence-corrected chi connectivity index (χ1v) is 19.4. The fourth-order valence-electron chi connectivity index (χ4n) is 9.85. The highest BCUT2D eigenvalue weighted by Gasteiger charge is 2.74. The molecule has 14 nitrogen and oxygen atoms in total. The number of aliphatic hydroxyl groups excluding tert-OH is 3. The van der Waals surface area contributed by atoms with Crippen LogP contribution >= 0.6 is 0 Å². The van der Waals surface area contributed by atoms with Gasteiger partial charge in [0.2, 0.25) is 6.10 Å². The number of hydrogen-bond donors (Lipinski definition) is 5. The van der Waals surface area contributed by atoms with Crippen molar-refractivity contribution in [1.82, 2.24) is 5.32 Å². The number of aliphatic hydroxyl groups is 4. The summed E-state index contributed by atoms with van der Waals surface area (Å²) < 4.78 is 28.8. The Morgan fingerprint density at radius 3 is 2.05 bits per heavy atom. The number of rotatable bonds is 10. The maximum atomic E-state index is 15.0. The molecular formula is C43H55NO13. The van der Waals surface area contributed by atoms with E-state index in [1.807, 2.05) is 6.92 Å². The van der Waals surface area contributed by atoms with Crippen LogP contribution in [0.1, 0.15) is 91.6 Å². The quantitative estimate of drug-likeness (QED) is 0.0999. The van der Waals surface area contributed by atoms with Gasteiger partial charge < -0.3 is 44.1 Å². The summed E-state index contributed by atoms with van der Waals surface area (Å²) in [5.41, 5.74) is -4.96. The van der Waals surface area contributed by atoms with Gasteiger partial charge in [0.05, 0.1) is 42.5 Å². The van der Waals surface area contributed by atoms with Crippen LogP contribution in [0.25, 0.3) is 0 Å². The van der Waals surface area contributed by atoms with Crippen LogP contribution in [0.3, 0.4) is 0 Å². The Bertz CT molecular complexity index is 1880. The van der Waals surface area contributed by atoms with Crippen LogP contribution in [-0.2, 0) is 38.1 Å². The fraction of sp³-hybridized carbons (Fsp3) is 0.581. The van der Waals surface area contributed by atoms with Crippen molar-refractivity contribution in [1.29, 1.82) is 0 Å². The molecule has 2 saturated carbocycles. The Morgan fingerprint density at radius 1 is 0.912 bits per heavy atom. The van der Waals surface area contributed by atoms with Gasteiger partial charge in [-0.25, -0.2) is 9.59 Å². The van der Waals surface area contributed by atoms with Crippen LogP contribution < -0.4 is 5.32 Å².